The molecule has 5 nitrogen and oxygen atoms in total. The number of nitrogens with one attached hydrogen (secondary N) is 1. The van der Waals surface area contributed by atoms with E-state index >= 15 is 0 Å². The van der Waals surface area contributed by atoms with E-state index in [0.29, 0.717) is 33.5 Å². The molecule has 0 atom stereocenters. The molecule has 0 radical (unpaired) electrons. The van der Waals surface area contributed by atoms with Gasteiger partial charge in [0.25, 0.3) is 0 Å². The van der Waals surface area contributed by atoms with Crippen LogP contribution in [0.2, 0.25) is 10.0 Å². The second kappa shape index (κ2) is 9.27. The van der Waals surface area contributed by atoms with E-state index in [1.807, 2.05) is 10.6 Å². The van der Waals surface area contributed by atoms with Crippen LogP contribution in [0.25, 0.3) is 11.4 Å². The summed E-state index contributed by atoms with van der Waals surface area (Å²) >= 11 is 13.6. The maximum absolute atomic E-state index is 11.8. The van der Waals surface area contributed by atoms with Crippen LogP contribution in [0.4, 0.5) is 0 Å². The maximum Gasteiger partial charge on any atom is 0.230 e. The smallest absolute Gasteiger partial charge is 0.230 e. The Labute approximate surface area is 161 Å². The number of amides is 1. The summed E-state index contributed by atoms with van der Waals surface area (Å²) < 4.78 is 1.99. The highest BCUT2D eigenvalue weighted by molar-refractivity contribution is 7.99. The number of hydrogen-bond acceptors (Lipinski definition) is 4. The lowest BCUT2D eigenvalue weighted by Gasteiger charge is -2.13. The third-order valence-corrected chi connectivity index (χ3v) is 4.73. The number of aromatic nitrogens is 3. The summed E-state index contributed by atoms with van der Waals surface area (Å²) in [5.74, 6) is 1.24. The van der Waals surface area contributed by atoms with Crippen molar-refractivity contribution in [3.63, 3.8) is 0 Å². The first-order valence-electron chi connectivity index (χ1n) is 7.81. The van der Waals surface area contributed by atoms with Gasteiger partial charge in [0.15, 0.2) is 11.0 Å². The minimum atomic E-state index is -0.0740. The van der Waals surface area contributed by atoms with Crippen molar-refractivity contribution in [1.82, 2.24) is 20.1 Å². The number of carbonyl (C=O) groups excluding carboxylic acids is 1. The molecule has 0 aliphatic rings. The van der Waals surface area contributed by atoms with Crippen molar-refractivity contribution in [2.75, 3.05) is 12.3 Å². The number of nitrogens with zero attached hydrogens (tertiary/aromatic N) is 3. The molecule has 1 heterocycles. The molecule has 0 aliphatic heterocycles. The SMILES string of the molecule is C=CCNC(=O)CSc1nnc(-c2ccc(Cl)cc2Cl)n1CC(C)C. The number of benzene rings is 1. The molecule has 0 spiro atoms. The summed E-state index contributed by atoms with van der Waals surface area (Å²) in [5.41, 5.74) is 0.766. The van der Waals surface area contributed by atoms with Gasteiger partial charge in [-0.05, 0) is 24.1 Å². The van der Waals surface area contributed by atoms with Crippen molar-refractivity contribution in [1.29, 1.82) is 0 Å². The molecular formula is C17H20Cl2N4OS. The highest BCUT2D eigenvalue weighted by Crippen LogP contribution is 2.31. The van der Waals surface area contributed by atoms with Crippen LogP contribution in [0.1, 0.15) is 13.8 Å². The van der Waals surface area contributed by atoms with Gasteiger partial charge in [0.2, 0.25) is 5.91 Å². The normalized spacial score (nSPS) is 10.9. The highest BCUT2D eigenvalue weighted by atomic mass is 35.5. The van der Waals surface area contributed by atoms with Crippen LogP contribution in [0.5, 0.6) is 0 Å². The third kappa shape index (κ3) is 5.49. The van der Waals surface area contributed by atoms with Crippen LogP contribution >= 0.6 is 35.0 Å². The quantitative estimate of drug-likeness (QED) is 0.531. The third-order valence-electron chi connectivity index (χ3n) is 3.21. The zero-order valence-electron chi connectivity index (χ0n) is 14.1. The highest BCUT2D eigenvalue weighted by Gasteiger charge is 2.18. The van der Waals surface area contributed by atoms with Gasteiger partial charge in [0, 0.05) is 23.7 Å². The zero-order valence-corrected chi connectivity index (χ0v) is 16.5. The van der Waals surface area contributed by atoms with Gasteiger partial charge < -0.3 is 9.88 Å². The minimum absolute atomic E-state index is 0.0740. The van der Waals surface area contributed by atoms with Crippen molar-refractivity contribution in [3.05, 3.63) is 40.9 Å². The molecule has 2 aromatic rings. The first-order valence-corrected chi connectivity index (χ1v) is 9.55. The van der Waals surface area contributed by atoms with Gasteiger partial charge in [-0.1, -0.05) is 54.9 Å². The van der Waals surface area contributed by atoms with Gasteiger partial charge in [0.1, 0.15) is 0 Å². The summed E-state index contributed by atoms with van der Waals surface area (Å²) in [6.45, 7) is 8.97. The van der Waals surface area contributed by atoms with Gasteiger partial charge in [-0.25, -0.2) is 0 Å². The van der Waals surface area contributed by atoms with Crippen LogP contribution in [0, 0.1) is 5.92 Å². The largest absolute Gasteiger partial charge is 0.352 e. The van der Waals surface area contributed by atoms with E-state index in [1.54, 1.807) is 18.2 Å². The van der Waals surface area contributed by atoms with E-state index in [2.05, 4.69) is 35.9 Å². The van der Waals surface area contributed by atoms with Crippen LogP contribution in [-0.2, 0) is 11.3 Å². The molecule has 0 saturated carbocycles. The molecule has 25 heavy (non-hydrogen) atoms. The average Bonchev–Trinajstić information content (AvgIpc) is 2.93. The van der Waals surface area contributed by atoms with Crippen LogP contribution < -0.4 is 5.32 Å². The van der Waals surface area contributed by atoms with E-state index in [-0.39, 0.29) is 11.7 Å². The predicted molar refractivity (Wildman–Crippen MR) is 104 cm³/mol. The summed E-state index contributed by atoms with van der Waals surface area (Å²) in [7, 11) is 0. The van der Waals surface area contributed by atoms with Crippen LogP contribution in [-0.4, -0.2) is 33.0 Å². The first-order chi connectivity index (χ1) is 11.9. The molecule has 0 bridgehead atoms. The predicted octanol–water partition coefficient (Wildman–Crippen LogP) is 4.30. The number of carbonyl (C=O) groups is 1. The monoisotopic (exact) mass is 398 g/mol. The van der Waals surface area contributed by atoms with E-state index in [0.717, 1.165) is 12.1 Å². The molecule has 1 aromatic carbocycles. The van der Waals surface area contributed by atoms with Crippen molar-refractivity contribution in [2.24, 2.45) is 5.92 Å². The molecular weight excluding hydrogens is 379 g/mol. The number of thioether (sulfide) groups is 1. The fourth-order valence-corrected chi connectivity index (χ4v) is 3.43. The van der Waals surface area contributed by atoms with Crippen molar-refractivity contribution in [2.45, 2.75) is 25.5 Å². The Morgan fingerprint density at radius 2 is 2.16 bits per heavy atom. The topological polar surface area (TPSA) is 59.8 Å². The number of halogens is 2. The van der Waals surface area contributed by atoms with Gasteiger partial charge in [-0.15, -0.1) is 16.8 Å². The van der Waals surface area contributed by atoms with Crippen LogP contribution in [0.15, 0.2) is 36.0 Å². The molecule has 1 amide bonds. The number of hydrogen-bond donors (Lipinski definition) is 1. The lowest BCUT2D eigenvalue weighted by Crippen LogP contribution is -2.25. The Morgan fingerprint density at radius 3 is 2.80 bits per heavy atom. The fraction of sp³-hybridized carbons (Fsp3) is 0.353. The fourth-order valence-electron chi connectivity index (χ4n) is 2.16. The van der Waals surface area contributed by atoms with Gasteiger partial charge >= 0.3 is 0 Å². The standard InChI is InChI=1S/C17H20Cl2N4OS/c1-4-7-20-15(24)10-25-17-22-21-16(23(17)9-11(2)3)13-6-5-12(18)8-14(13)19/h4-6,8,11H,1,7,9-10H2,2-3H3,(H,20,24). The molecule has 1 N–H and O–H groups in total. The molecule has 0 fully saturated rings. The lowest BCUT2D eigenvalue weighted by atomic mass is 10.2. The van der Waals surface area contributed by atoms with E-state index in [4.69, 9.17) is 23.2 Å². The summed E-state index contributed by atoms with van der Waals surface area (Å²) in [6, 6.07) is 5.28. The lowest BCUT2D eigenvalue weighted by molar-refractivity contribution is -0.118. The van der Waals surface area contributed by atoms with Gasteiger partial charge in [-0.2, -0.15) is 0 Å². The second-order valence-corrected chi connectivity index (χ2v) is 7.60. The first kappa shape index (κ1) is 19.8. The molecule has 8 heteroatoms. The van der Waals surface area contributed by atoms with E-state index in [1.165, 1.54) is 11.8 Å². The molecule has 0 aliphatic carbocycles. The van der Waals surface area contributed by atoms with Gasteiger partial charge in [-0.3, -0.25) is 4.79 Å². The van der Waals surface area contributed by atoms with Crippen molar-refractivity contribution < 1.29 is 4.79 Å². The molecule has 0 saturated heterocycles. The Bertz CT molecular complexity index is 761. The molecule has 1 aromatic heterocycles. The Morgan fingerprint density at radius 1 is 1.40 bits per heavy atom. The summed E-state index contributed by atoms with van der Waals surface area (Å²) in [5, 5.41) is 13.0. The Hall–Kier alpha value is -1.50. The Balaban J connectivity index is 2.27. The molecule has 2 rings (SSSR count). The second-order valence-electron chi connectivity index (χ2n) is 5.82. The zero-order chi connectivity index (χ0) is 18.4. The van der Waals surface area contributed by atoms with Crippen LogP contribution in [0.3, 0.4) is 0 Å². The molecule has 0 unspecified atom stereocenters. The number of rotatable bonds is 8. The Kier molecular flexibility index (Phi) is 7.35. The maximum atomic E-state index is 11.8. The molecule has 134 valence electrons. The van der Waals surface area contributed by atoms with E-state index in [9.17, 15) is 4.79 Å². The van der Waals surface area contributed by atoms with Crippen molar-refractivity contribution in [3.8, 4) is 11.4 Å². The average molecular weight is 399 g/mol. The summed E-state index contributed by atoms with van der Waals surface area (Å²) in [4.78, 5) is 11.8. The van der Waals surface area contributed by atoms with Crippen molar-refractivity contribution >= 4 is 40.9 Å². The van der Waals surface area contributed by atoms with E-state index < -0.39 is 0 Å². The van der Waals surface area contributed by atoms with Gasteiger partial charge in [0.05, 0.1) is 10.8 Å². The minimum Gasteiger partial charge on any atom is -0.352 e. The summed E-state index contributed by atoms with van der Waals surface area (Å²) in [6.07, 6.45) is 1.64.